The standard InChI is InChI=1S/C13H17ClN2O/c1-10-11(14)5-4-6-12(10)15-9-13(17)16-7-2-3-8-16/h4-6,15H,2-3,7-9H2,1H3. The lowest BCUT2D eigenvalue weighted by Gasteiger charge is -2.17. The first-order valence-electron chi connectivity index (χ1n) is 5.95. The summed E-state index contributed by atoms with van der Waals surface area (Å²) in [6, 6.07) is 5.68. The number of amides is 1. The average molecular weight is 253 g/mol. The highest BCUT2D eigenvalue weighted by Gasteiger charge is 2.17. The zero-order valence-electron chi connectivity index (χ0n) is 10.0. The minimum absolute atomic E-state index is 0.168. The van der Waals surface area contributed by atoms with Gasteiger partial charge in [0.05, 0.1) is 6.54 Å². The van der Waals surface area contributed by atoms with E-state index in [1.165, 1.54) is 0 Å². The van der Waals surface area contributed by atoms with Gasteiger partial charge in [0.2, 0.25) is 5.91 Å². The SMILES string of the molecule is Cc1c(Cl)cccc1NCC(=O)N1CCCC1. The molecule has 4 heteroatoms. The van der Waals surface area contributed by atoms with Crippen molar-refractivity contribution in [1.82, 2.24) is 4.90 Å². The molecule has 0 atom stereocenters. The molecule has 2 rings (SSSR count). The van der Waals surface area contributed by atoms with Crippen LogP contribution >= 0.6 is 11.6 Å². The lowest BCUT2D eigenvalue weighted by molar-refractivity contribution is -0.128. The fourth-order valence-electron chi connectivity index (χ4n) is 2.05. The first-order valence-corrected chi connectivity index (χ1v) is 6.33. The number of carbonyl (C=O) groups is 1. The number of nitrogens with one attached hydrogen (secondary N) is 1. The summed E-state index contributed by atoms with van der Waals surface area (Å²) in [6.07, 6.45) is 2.25. The fourth-order valence-corrected chi connectivity index (χ4v) is 2.22. The highest BCUT2D eigenvalue weighted by atomic mass is 35.5. The molecule has 1 aromatic carbocycles. The van der Waals surface area contributed by atoms with E-state index in [1.54, 1.807) is 0 Å². The van der Waals surface area contributed by atoms with E-state index in [2.05, 4.69) is 5.32 Å². The Morgan fingerprint density at radius 3 is 2.82 bits per heavy atom. The minimum atomic E-state index is 0.168. The third-order valence-electron chi connectivity index (χ3n) is 3.16. The summed E-state index contributed by atoms with van der Waals surface area (Å²) in [4.78, 5) is 13.8. The van der Waals surface area contributed by atoms with Gasteiger partial charge in [0, 0.05) is 23.8 Å². The van der Waals surface area contributed by atoms with Gasteiger partial charge < -0.3 is 10.2 Å². The predicted octanol–water partition coefficient (Wildman–Crippen LogP) is 2.68. The normalized spacial score (nSPS) is 15.1. The lowest BCUT2D eigenvalue weighted by atomic mass is 10.2. The molecule has 0 unspecified atom stereocenters. The van der Waals surface area contributed by atoms with Gasteiger partial charge in [-0.2, -0.15) is 0 Å². The number of carbonyl (C=O) groups excluding carboxylic acids is 1. The third-order valence-corrected chi connectivity index (χ3v) is 3.57. The van der Waals surface area contributed by atoms with E-state index in [1.807, 2.05) is 30.0 Å². The zero-order valence-corrected chi connectivity index (χ0v) is 10.8. The molecular formula is C13H17ClN2O. The maximum Gasteiger partial charge on any atom is 0.241 e. The Balaban J connectivity index is 1.93. The third kappa shape index (κ3) is 2.91. The first-order chi connectivity index (χ1) is 8.18. The number of likely N-dealkylation sites (tertiary alicyclic amines) is 1. The lowest BCUT2D eigenvalue weighted by Crippen LogP contribution is -2.33. The van der Waals surface area contributed by atoms with Gasteiger partial charge in [-0.15, -0.1) is 0 Å². The maximum atomic E-state index is 11.8. The van der Waals surface area contributed by atoms with Crippen LogP contribution < -0.4 is 5.32 Å². The summed E-state index contributed by atoms with van der Waals surface area (Å²) in [5.41, 5.74) is 1.92. The second-order valence-corrected chi connectivity index (χ2v) is 4.76. The molecule has 1 saturated heterocycles. The molecule has 1 aromatic rings. The molecule has 0 spiro atoms. The smallest absolute Gasteiger partial charge is 0.241 e. The Morgan fingerprint density at radius 2 is 2.12 bits per heavy atom. The van der Waals surface area contributed by atoms with Gasteiger partial charge in [-0.05, 0) is 37.5 Å². The van der Waals surface area contributed by atoms with Crippen molar-refractivity contribution in [2.24, 2.45) is 0 Å². The van der Waals surface area contributed by atoms with E-state index >= 15 is 0 Å². The number of hydrogen-bond acceptors (Lipinski definition) is 2. The second kappa shape index (κ2) is 5.41. The van der Waals surface area contributed by atoms with Crippen LogP contribution in [0, 0.1) is 6.92 Å². The molecule has 1 fully saturated rings. The number of nitrogens with zero attached hydrogens (tertiary/aromatic N) is 1. The molecule has 92 valence electrons. The van der Waals surface area contributed by atoms with Crippen molar-refractivity contribution in [2.75, 3.05) is 25.0 Å². The number of anilines is 1. The van der Waals surface area contributed by atoms with Gasteiger partial charge in [-0.3, -0.25) is 4.79 Å². The molecule has 1 aliphatic rings. The topological polar surface area (TPSA) is 32.3 Å². The molecule has 0 bridgehead atoms. The largest absolute Gasteiger partial charge is 0.376 e. The van der Waals surface area contributed by atoms with E-state index in [-0.39, 0.29) is 5.91 Å². The van der Waals surface area contributed by atoms with Crippen LogP contribution in [0.25, 0.3) is 0 Å². The average Bonchev–Trinajstić information content (AvgIpc) is 2.84. The quantitative estimate of drug-likeness (QED) is 0.897. The maximum absolute atomic E-state index is 11.8. The molecule has 0 saturated carbocycles. The molecule has 1 aliphatic heterocycles. The van der Waals surface area contributed by atoms with Crippen molar-refractivity contribution in [1.29, 1.82) is 0 Å². The highest BCUT2D eigenvalue weighted by molar-refractivity contribution is 6.31. The van der Waals surface area contributed by atoms with Crippen LogP contribution in [0.3, 0.4) is 0 Å². The van der Waals surface area contributed by atoms with E-state index in [9.17, 15) is 4.79 Å². The Labute approximate surface area is 107 Å². The summed E-state index contributed by atoms with van der Waals surface area (Å²) in [5, 5.41) is 3.88. The Morgan fingerprint density at radius 1 is 1.41 bits per heavy atom. The van der Waals surface area contributed by atoms with Crippen molar-refractivity contribution < 1.29 is 4.79 Å². The molecule has 17 heavy (non-hydrogen) atoms. The van der Waals surface area contributed by atoms with Gasteiger partial charge in [0.25, 0.3) is 0 Å². The van der Waals surface area contributed by atoms with Crippen LogP contribution in [0.5, 0.6) is 0 Å². The van der Waals surface area contributed by atoms with Crippen molar-refractivity contribution >= 4 is 23.2 Å². The Bertz CT molecular complexity index is 414. The summed E-state index contributed by atoms with van der Waals surface area (Å²) < 4.78 is 0. The Hall–Kier alpha value is -1.22. The molecule has 1 heterocycles. The van der Waals surface area contributed by atoms with Crippen LogP contribution in [0.1, 0.15) is 18.4 Å². The van der Waals surface area contributed by atoms with Gasteiger partial charge in [-0.25, -0.2) is 0 Å². The molecular weight excluding hydrogens is 236 g/mol. The number of hydrogen-bond donors (Lipinski definition) is 1. The number of benzene rings is 1. The molecule has 0 aliphatic carbocycles. The molecule has 0 radical (unpaired) electrons. The van der Waals surface area contributed by atoms with Crippen LogP contribution in [0.2, 0.25) is 5.02 Å². The van der Waals surface area contributed by atoms with E-state index in [0.717, 1.165) is 42.2 Å². The number of halogens is 1. The van der Waals surface area contributed by atoms with E-state index in [4.69, 9.17) is 11.6 Å². The molecule has 0 aromatic heterocycles. The molecule has 1 N–H and O–H groups in total. The highest BCUT2D eigenvalue weighted by Crippen LogP contribution is 2.22. The van der Waals surface area contributed by atoms with Crippen molar-refractivity contribution in [3.05, 3.63) is 28.8 Å². The fraction of sp³-hybridized carbons (Fsp3) is 0.462. The summed E-state index contributed by atoms with van der Waals surface area (Å²) >= 11 is 6.02. The van der Waals surface area contributed by atoms with Gasteiger partial charge in [0.1, 0.15) is 0 Å². The Kier molecular flexibility index (Phi) is 3.89. The van der Waals surface area contributed by atoms with Crippen molar-refractivity contribution in [2.45, 2.75) is 19.8 Å². The van der Waals surface area contributed by atoms with Crippen LogP contribution in [-0.4, -0.2) is 30.4 Å². The van der Waals surface area contributed by atoms with Gasteiger partial charge >= 0.3 is 0 Å². The van der Waals surface area contributed by atoms with Crippen LogP contribution in [0.4, 0.5) is 5.69 Å². The molecule has 1 amide bonds. The van der Waals surface area contributed by atoms with E-state index < -0.39 is 0 Å². The van der Waals surface area contributed by atoms with E-state index in [0.29, 0.717) is 6.54 Å². The van der Waals surface area contributed by atoms with Crippen molar-refractivity contribution in [3.63, 3.8) is 0 Å². The predicted molar refractivity (Wildman–Crippen MR) is 70.5 cm³/mol. The zero-order chi connectivity index (χ0) is 12.3. The van der Waals surface area contributed by atoms with Crippen LogP contribution in [-0.2, 0) is 4.79 Å². The van der Waals surface area contributed by atoms with Crippen molar-refractivity contribution in [3.8, 4) is 0 Å². The van der Waals surface area contributed by atoms with Crippen LogP contribution in [0.15, 0.2) is 18.2 Å². The number of rotatable bonds is 3. The summed E-state index contributed by atoms with van der Waals surface area (Å²) in [7, 11) is 0. The summed E-state index contributed by atoms with van der Waals surface area (Å²) in [5.74, 6) is 0.168. The monoisotopic (exact) mass is 252 g/mol. The second-order valence-electron chi connectivity index (χ2n) is 4.35. The minimum Gasteiger partial charge on any atom is -0.376 e. The molecule has 3 nitrogen and oxygen atoms in total. The van der Waals surface area contributed by atoms with Gasteiger partial charge in [-0.1, -0.05) is 17.7 Å². The van der Waals surface area contributed by atoms with Gasteiger partial charge in [0.15, 0.2) is 0 Å². The summed E-state index contributed by atoms with van der Waals surface area (Å²) in [6.45, 7) is 4.09. The first kappa shape index (κ1) is 12.2.